The third-order valence-electron chi connectivity index (χ3n) is 4.11. The van der Waals surface area contributed by atoms with Crippen molar-refractivity contribution in [1.82, 2.24) is 4.90 Å². The van der Waals surface area contributed by atoms with Crippen LogP contribution in [0.15, 0.2) is 0 Å². The average Bonchev–Trinajstić information content (AvgIpc) is 2.90. The Bertz CT molecular complexity index is 502. The van der Waals surface area contributed by atoms with Crippen LogP contribution in [-0.4, -0.2) is 46.2 Å². The van der Waals surface area contributed by atoms with Crippen molar-refractivity contribution in [2.45, 2.75) is 64.6 Å². The zero-order chi connectivity index (χ0) is 16.7. The number of likely N-dealkylation sites (tertiary alicyclic amines) is 1. The third-order valence-corrected chi connectivity index (χ3v) is 4.25. The van der Waals surface area contributed by atoms with Crippen LogP contribution in [0.25, 0.3) is 0 Å². The zero-order valence-electron chi connectivity index (χ0n) is 13.5. The molecule has 1 aliphatic carbocycles. The molecular weight excluding hydrogens is 304 g/mol. The Morgan fingerprint density at radius 1 is 1.36 bits per heavy atom. The van der Waals surface area contributed by atoms with E-state index in [9.17, 15) is 9.59 Å². The van der Waals surface area contributed by atoms with Gasteiger partial charge >= 0.3 is 12.1 Å². The van der Waals surface area contributed by atoms with Crippen molar-refractivity contribution in [2.75, 3.05) is 6.61 Å². The van der Waals surface area contributed by atoms with Gasteiger partial charge in [-0.25, -0.2) is 9.59 Å². The molecule has 0 aromatic carbocycles. The number of nitrogens with two attached hydrogens (primary N) is 1. The Kier molecular flexibility index (Phi) is 4.39. The summed E-state index contributed by atoms with van der Waals surface area (Å²) in [5.74, 6) is -0.386. The fourth-order valence-corrected chi connectivity index (χ4v) is 3.54. The van der Waals surface area contributed by atoms with Gasteiger partial charge < -0.3 is 15.2 Å². The van der Waals surface area contributed by atoms with Gasteiger partial charge in [0, 0.05) is 17.9 Å². The number of ether oxygens (including phenoxy) is 2. The van der Waals surface area contributed by atoms with Crippen LogP contribution in [0.3, 0.4) is 0 Å². The van der Waals surface area contributed by atoms with Crippen LogP contribution in [0, 0.1) is 5.41 Å². The molecule has 1 saturated carbocycles. The maximum Gasteiger partial charge on any atom is 0.411 e. The first-order chi connectivity index (χ1) is 10.1. The minimum absolute atomic E-state index is 0.0433. The fourth-order valence-electron chi connectivity index (χ4n) is 3.25. The molecular formula is C15H24N2O4S. The molecule has 6 nitrogen and oxygen atoms in total. The van der Waals surface area contributed by atoms with E-state index in [0.29, 0.717) is 17.8 Å². The van der Waals surface area contributed by atoms with Gasteiger partial charge in [-0.3, -0.25) is 4.90 Å². The molecule has 0 spiro atoms. The monoisotopic (exact) mass is 328 g/mol. The molecule has 1 amide bonds. The van der Waals surface area contributed by atoms with Gasteiger partial charge in [0.2, 0.25) is 0 Å². The SMILES string of the molecule is CCOC(=O)[C@@H]1C[C@@]2(CC(N)=S)C[C@H]2N1C(=O)OC(C)(C)C. The Balaban J connectivity index is 2.18. The first-order valence-corrected chi connectivity index (χ1v) is 7.97. The zero-order valence-corrected chi connectivity index (χ0v) is 14.4. The van der Waals surface area contributed by atoms with Crippen LogP contribution in [0.4, 0.5) is 4.79 Å². The molecule has 7 heteroatoms. The number of hydrogen-bond donors (Lipinski definition) is 1. The predicted molar refractivity (Wildman–Crippen MR) is 85.4 cm³/mol. The Hall–Kier alpha value is -1.37. The second kappa shape index (κ2) is 5.68. The minimum atomic E-state index is -0.612. The Morgan fingerprint density at radius 2 is 2.00 bits per heavy atom. The Labute approximate surface area is 136 Å². The molecule has 0 radical (unpaired) electrons. The fraction of sp³-hybridized carbons (Fsp3) is 0.800. The van der Waals surface area contributed by atoms with Gasteiger partial charge in [0.05, 0.1) is 11.6 Å². The van der Waals surface area contributed by atoms with Crippen LogP contribution in [0.1, 0.15) is 47.0 Å². The summed E-state index contributed by atoms with van der Waals surface area (Å²) in [5, 5.41) is 0. The van der Waals surface area contributed by atoms with Crippen LogP contribution in [0.5, 0.6) is 0 Å². The molecule has 22 heavy (non-hydrogen) atoms. The first kappa shape index (κ1) is 17.0. The second-order valence-electron chi connectivity index (χ2n) is 7.08. The molecule has 0 aromatic heterocycles. The molecule has 2 aliphatic rings. The predicted octanol–water partition coefficient (Wildman–Crippen LogP) is 1.99. The van der Waals surface area contributed by atoms with E-state index in [0.717, 1.165) is 6.42 Å². The second-order valence-corrected chi connectivity index (χ2v) is 7.61. The van der Waals surface area contributed by atoms with Crippen molar-refractivity contribution >= 4 is 29.3 Å². The number of nitrogens with zero attached hydrogens (tertiary/aromatic N) is 1. The lowest BCUT2D eigenvalue weighted by atomic mass is 9.96. The normalized spacial score (nSPS) is 29.7. The van der Waals surface area contributed by atoms with E-state index in [2.05, 4.69) is 0 Å². The highest BCUT2D eigenvalue weighted by Crippen LogP contribution is 2.62. The summed E-state index contributed by atoms with van der Waals surface area (Å²) in [6, 6.07) is -0.652. The van der Waals surface area contributed by atoms with Crippen molar-refractivity contribution < 1.29 is 19.1 Å². The summed E-state index contributed by atoms with van der Waals surface area (Å²) in [6.07, 6.45) is 1.41. The largest absolute Gasteiger partial charge is 0.464 e. The van der Waals surface area contributed by atoms with E-state index < -0.39 is 17.7 Å². The van der Waals surface area contributed by atoms with E-state index in [1.165, 1.54) is 4.90 Å². The number of thiocarbonyl (C=S) groups is 1. The summed E-state index contributed by atoms with van der Waals surface area (Å²) in [6.45, 7) is 7.43. The number of hydrogen-bond acceptors (Lipinski definition) is 5. The number of rotatable bonds is 4. The highest BCUT2D eigenvalue weighted by Gasteiger charge is 2.68. The molecule has 1 aliphatic heterocycles. The smallest absolute Gasteiger partial charge is 0.411 e. The van der Waals surface area contributed by atoms with Gasteiger partial charge in [0.15, 0.2) is 0 Å². The van der Waals surface area contributed by atoms with Gasteiger partial charge in [-0.05, 0) is 40.5 Å². The van der Waals surface area contributed by atoms with E-state index in [1.807, 2.05) is 0 Å². The van der Waals surface area contributed by atoms with Crippen molar-refractivity contribution in [2.24, 2.45) is 11.1 Å². The third kappa shape index (κ3) is 3.34. The number of carbonyl (C=O) groups excluding carboxylic acids is 2. The quantitative estimate of drug-likeness (QED) is 0.628. The average molecular weight is 328 g/mol. The molecule has 2 N–H and O–H groups in total. The number of piperidine rings is 1. The van der Waals surface area contributed by atoms with Crippen LogP contribution in [-0.2, 0) is 14.3 Å². The van der Waals surface area contributed by atoms with E-state index >= 15 is 0 Å². The maximum atomic E-state index is 12.5. The summed E-state index contributed by atoms with van der Waals surface area (Å²) in [5.41, 5.74) is 4.88. The number of fused-ring (bicyclic) bond motifs is 1. The molecule has 1 heterocycles. The van der Waals surface area contributed by atoms with Crippen LogP contribution in [0.2, 0.25) is 0 Å². The lowest BCUT2D eigenvalue weighted by molar-refractivity contribution is -0.149. The van der Waals surface area contributed by atoms with E-state index in [-0.39, 0.29) is 24.0 Å². The summed E-state index contributed by atoms with van der Waals surface area (Å²) < 4.78 is 10.5. The maximum absolute atomic E-state index is 12.5. The Morgan fingerprint density at radius 3 is 2.50 bits per heavy atom. The number of carbonyl (C=O) groups is 2. The molecule has 2 fully saturated rings. The van der Waals surface area contributed by atoms with Crippen LogP contribution < -0.4 is 5.73 Å². The van der Waals surface area contributed by atoms with Crippen molar-refractivity contribution in [1.29, 1.82) is 0 Å². The molecule has 0 aromatic rings. The molecule has 0 unspecified atom stereocenters. The molecule has 3 atom stereocenters. The number of amides is 1. The van der Waals surface area contributed by atoms with E-state index in [4.69, 9.17) is 27.4 Å². The standard InChI is InChI=1S/C15H24N2O4S/c1-5-20-12(18)9-6-15(8-11(16)22)7-10(15)17(9)13(19)21-14(2,3)4/h9-10H,5-8H2,1-4H3,(H2,16,22)/t9-,10+,15-/m0/s1. The lowest BCUT2D eigenvalue weighted by Crippen LogP contribution is -2.46. The van der Waals surface area contributed by atoms with Crippen molar-refractivity contribution in [3.05, 3.63) is 0 Å². The minimum Gasteiger partial charge on any atom is -0.464 e. The summed E-state index contributed by atoms with van der Waals surface area (Å²) in [4.78, 5) is 26.6. The van der Waals surface area contributed by atoms with Gasteiger partial charge in [0.1, 0.15) is 11.6 Å². The molecule has 2 rings (SSSR count). The van der Waals surface area contributed by atoms with Crippen molar-refractivity contribution in [3.63, 3.8) is 0 Å². The van der Waals surface area contributed by atoms with Crippen molar-refractivity contribution in [3.8, 4) is 0 Å². The molecule has 124 valence electrons. The van der Waals surface area contributed by atoms with Gasteiger partial charge in [-0.1, -0.05) is 12.2 Å². The topological polar surface area (TPSA) is 81.9 Å². The lowest BCUT2D eigenvalue weighted by Gasteiger charge is -2.29. The summed E-state index contributed by atoms with van der Waals surface area (Å²) in [7, 11) is 0. The van der Waals surface area contributed by atoms with E-state index in [1.54, 1.807) is 27.7 Å². The van der Waals surface area contributed by atoms with Gasteiger partial charge in [-0.15, -0.1) is 0 Å². The summed E-state index contributed by atoms with van der Waals surface area (Å²) >= 11 is 5.01. The van der Waals surface area contributed by atoms with Crippen LogP contribution >= 0.6 is 12.2 Å². The highest BCUT2D eigenvalue weighted by atomic mass is 32.1. The van der Waals surface area contributed by atoms with Gasteiger partial charge in [-0.2, -0.15) is 0 Å². The molecule has 0 bridgehead atoms. The molecule has 1 saturated heterocycles. The van der Waals surface area contributed by atoms with Gasteiger partial charge in [0.25, 0.3) is 0 Å². The first-order valence-electron chi connectivity index (χ1n) is 7.56. The highest BCUT2D eigenvalue weighted by molar-refractivity contribution is 7.80. The number of esters is 1.